The van der Waals surface area contributed by atoms with E-state index in [1.54, 1.807) is 23.5 Å². The van der Waals surface area contributed by atoms with Crippen LogP contribution in [-0.4, -0.2) is 23.3 Å². The fourth-order valence-electron chi connectivity index (χ4n) is 4.26. The van der Waals surface area contributed by atoms with Gasteiger partial charge in [-0.15, -0.1) is 0 Å². The van der Waals surface area contributed by atoms with Crippen LogP contribution in [-0.2, 0) is 9.59 Å². The molecule has 0 aromatic heterocycles. The first-order chi connectivity index (χ1) is 17.7. The van der Waals surface area contributed by atoms with Gasteiger partial charge in [0.2, 0.25) is 11.8 Å². The van der Waals surface area contributed by atoms with E-state index >= 15 is 0 Å². The number of carbonyl (C=O) groups is 2. The van der Waals surface area contributed by atoms with Gasteiger partial charge < -0.3 is 0 Å². The monoisotopic (exact) mass is 544 g/mol. The van der Waals surface area contributed by atoms with Gasteiger partial charge in [-0.1, -0.05) is 93.6 Å². The van der Waals surface area contributed by atoms with E-state index in [0.717, 1.165) is 42.3 Å². The maximum absolute atomic E-state index is 13.4. The van der Waals surface area contributed by atoms with Crippen molar-refractivity contribution in [3.63, 3.8) is 0 Å². The number of hydrogen-bond acceptors (Lipinski definition) is 6. The van der Waals surface area contributed by atoms with E-state index in [2.05, 4.69) is 0 Å². The van der Waals surface area contributed by atoms with Gasteiger partial charge in [-0.3, -0.25) is 19.4 Å². The molecular formula is C28H20N2O2S4. The second-order valence-corrected chi connectivity index (χ2v) is 12.7. The fourth-order valence-corrected chi connectivity index (χ4v) is 8.11. The lowest BCUT2D eigenvalue weighted by molar-refractivity contribution is -0.116. The predicted octanol–water partition coefficient (Wildman–Crippen LogP) is 8.03. The molecule has 0 saturated heterocycles. The number of rotatable bonds is 5. The first kappa shape index (κ1) is 23.6. The van der Waals surface area contributed by atoms with Crippen LogP contribution in [0.25, 0.3) is 0 Å². The molecule has 0 unspecified atom stereocenters. The molecular weight excluding hydrogens is 525 g/mol. The van der Waals surface area contributed by atoms with Crippen molar-refractivity contribution in [2.24, 2.45) is 0 Å². The normalized spacial score (nSPS) is 13.3. The molecule has 36 heavy (non-hydrogen) atoms. The minimum atomic E-state index is 0.00483. The Hall–Kier alpha value is -2.78. The number of amides is 2. The van der Waals surface area contributed by atoms with Gasteiger partial charge in [-0.2, -0.15) is 0 Å². The maximum atomic E-state index is 13.4. The molecule has 2 aliphatic rings. The Bertz CT molecular complexity index is 1270. The largest absolute Gasteiger partial charge is 0.278 e. The predicted molar refractivity (Wildman–Crippen MR) is 153 cm³/mol. The van der Waals surface area contributed by atoms with E-state index in [4.69, 9.17) is 0 Å². The van der Waals surface area contributed by atoms with Crippen molar-refractivity contribution in [2.75, 3.05) is 21.3 Å². The third kappa shape index (κ3) is 4.43. The van der Waals surface area contributed by atoms with Crippen LogP contribution in [0.4, 0.5) is 22.7 Å². The standard InChI is InChI=1S/C28H20N2O2S4/c31-27(29-19-9-1-5-13-23(19)35-24-14-6-2-10-20(24)29)17-33-34-18-28(32)30-21-11-3-7-15-25(21)36-26-16-8-4-12-22(26)30/h1-16H,17-18H2. The van der Waals surface area contributed by atoms with Crippen LogP contribution >= 0.6 is 45.1 Å². The van der Waals surface area contributed by atoms with Crippen LogP contribution in [0.15, 0.2) is 117 Å². The Labute approximate surface area is 226 Å². The fraction of sp³-hybridized carbons (Fsp3) is 0.0714. The summed E-state index contributed by atoms with van der Waals surface area (Å²) in [5.41, 5.74) is 3.64. The van der Waals surface area contributed by atoms with E-state index in [0.29, 0.717) is 0 Å². The number of benzene rings is 4. The quantitative estimate of drug-likeness (QED) is 0.187. The van der Waals surface area contributed by atoms with E-state index < -0.39 is 0 Å². The summed E-state index contributed by atoms with van der Waals surface area (Å²) in [5, 5.41) is 0. The minimum absolute atomic E-state index is 0.00483. The van der Waals surface area contributed by atoms with Crippen LogP contribution < -0.4 is 9.80 Å². The molecule has 0 radical (unpaired) electrons. The molecule has 0 saturated carbocycles. The molecule has 0 bridgehead atoms. The molecule has 0 atom stereocenters. The molecule has 4 aromatic carbocycles. The Balaban J connectivity index is 1.15. The zero-order valence-electron chi connectivity index (χ0n) is 19.0. The highest BCUT2D eigenvalue weighted by Gasteiger charge is 2.29. The van der Waals surface area contributed by atoms with Gasteiger partial charge in [0.1, 0.15) is 0 Å². The zero-order valence-corrected chi connectivity index (χ0v) is 22.3. The Kier molecular flexibility index (Phi) is 6.75. The first-order valence-electron chi connectivity index (χ1n) is 11.3. The highest BCUT2D eigenvalue weighted by atomic mass is 33.1. The smallest absolute Gasteiger partial charge is 0.242 e. The van der Waals surface area contributed by atoms with Crippen molar-refractivity contribution in [1.82, 2.24) is 0 Å². The van der Waals surface area contributed by atoms with Gasteiger partial charge in [-0.05, 0) is 48.5 Å². The maximum Gasteiger partial charge on any atom is 0.242 e. The van der Waals surface area contributed by atoms with Crippen molar-refractivity contribution >= 4 is 79.7 Å². The summed E-state index contributed by atoms with van der Waals surface area (Å²) in [6, 6.07) is 31.9. The molecule has 2 amide bonds. The first-order valence-corrected chi connectivity index (χ1v) is 15.4. The van der Waals surface area contributed by atoms with Gasteiger partial charge in [-0.25, -0.2) is 0 Å². The molecule has 0 spiro atoms. The molecule has 6 rings (SSSR count). The summed E-state index contributed by atoms with van der Waals surface area (Å²) in [5.74, 6) is 0.554. The summed E-state index contributed by atoms with van der Waals surface area (Å²) < 4.78 is 0. The molecule has 2 aliphatic heterocycles. The average molecular weight is 545 g/mol. The average Bonchev–Trinajstić information content (AvgIpc) is 2.92. The molecule has 4 nitrogen and oxygen atoms in total. The summed E-state index contributed by atoms with van der Waals surface area (Å²) in [6.07, 6.45) is 0. The minimum Gasteiger partial charge on any atom is -0.278 e. The number of anilines is 4. The van der Waals surface area contributed by atoms with Crippen LogP contribution in [0.2, 0.25) is 0 Å². The summed E-state index contributed by atoms with van der Waals surface area (Å²) in [4.78, 5) is 34.7. The highest BCUT2D eigenvalue weighted by molar-refractivity contribution is 8.77. The lowest BCUT2D eigenvalue weighted by Crippen LogP contribution is -2.30. The molecule has 0 N–H and O–H groups in total. The lowest BCUT2D eigenvalue weighted by atomic mass is 10.2. The molecule has 178 valence electrons. The Morgan fingerprint density at radius 1 is 0.500 bits per heavy atom. The highest BCUT2D eigenvalue weighted by Crippen LogP contribution is 2.49. The van der Waals surface area contributed by atoms with E-state index in [9.17, 15) is 9.59 Å². The van der Waals surface area contributed by atoms with Crippen LogP contribution in [0, 0.1) is 0 Å². The molecule has 4 aromatic rings. The third-order valence-corrected chi connectivity index (χ3v) is 10.2. The zero-order chi connectivity index (χ0) is 24.5. The van der Waals surface area contributed by atoms with Gasteiger partial charge in [0.15, 0.2) is 0 Å². The Morgan fingerprint density at radius 2 is 0.778 bits per heavy atom. The number of fused-ring (bicyclic) bond motifs is 4. The van der Waals surface area contributed by atoms with Gasteiger partial charge >= 0.3 is 0 Å². The molecule has 8 heteroatoms. The van der Waals surface area contributed by atoms with Gasteiger partial charge in [0.25, 0.3) is 0 Å². The number of hydrogen-bond donors (Lipinski definition) is 0. The van der Waals surface area contributed by atoms with Crippen molar-refractivity contribution in [3.05, 3.63) is 97.1 Å². The topological polar surface area (TPSA) is 40.6 Å². The van der Waals surface area contributed by atoms with Crippen molar-refractivity contribution in [1.29, 1.82) is 0 Å². The van der Waals surface area contributed by atoms with Crippen molar-refractivity contribution < 1.29 is 9.59 Å². The van der Waals surface area contributed by atoms with E-state index in [-0.39, 0.29) is 23.3 Å². The van der Waals surface area contributed by atoms with E-state index in [1.807, 2.05) is 107 Å². The SMILES string of the molecule is O=C(CSSCC(=O)N1c2ccccc2Sc2ccccc21)N1c2ccccc2Sc2ccccc21. The van der Waals surface area contributed by atoms with Crippen molar-refractivity contribution in [3.8, 4) is 0 Å². The number of para-hydroxylation sites is 4. The summed E-state index contributed by atoms with van der Waals surface area (Å²) >= 11 is 3.37. The molecule has 0 aliphatic carbocycles. The Morgan fingerprint density at radius 3 is 1.08 bits per heavy atom. The molecule has 2 heterocycles. The van der Waals surface area contributed by atoms with Crippen LogP contribution in [0.3, 0.4) is 0 Å². The van der Waals surface area contributed by atoms with Crippen LogP contribution in [0.1, 0.15) is 0 Å². The second kappa shape index (κ2) is 10.3. The lowest BCUT2D eigenvalue weighted by Gasteiger charge is -2.31. The number of carbonyl (C=O) groups excluding carboxylic acids is 2. The summed E-state index contributed by atoms with van der Waals surface area (Å²) in [6.45, 7) is 0. The third-order valence-electron chi connectivity index (χ3n) is 5.81. The van der Waals surface area contributed by atoms with Crippen molar-refractivity contribution in [2.45, 2.75) is 19.6 Å². The van der Waals surface area contributed by atoms with Gasteiger partial charge in [0.05, 0.1) is 34.3 Å². The summed E-state index contributed by atoms with van der Waals surface area (Å²) in [7, 11) is 2.85. The second-order valence-electron chi connectivity index (χ2n) is 8.06. The van der Waals surface area contributed by atoms with E-state index in [1.165, 1.54) is 21.6 Å². The number of nitrogens with zero attached hydrogens (tertiary/aromatic N) is 2. The molecule has 0 fully saturated rings. The van der Waals surface area contributed by atoms with Gasteiger partial charge in [0, 0.05) is 19.6 Å². The van der Waals surface area contributed by atoms with Crippen LogP contribution in [0.5, 0.6) is 0 Å².